The van der Waals surface area contributed by atoms with Crippen LogP contribution < -0.4 is 10.5 Å². The number of likely N-dealkylation sites (tertiary alicyclic amines) is 1. The summed E-state index contributed by atoms with van der Waals surface area (Å²) in [4.78, 5) is 7.38. The standard InChI is InChI=1S/C19H30N4O2S.HI/c1-2-21-19(23-13-16-5-3-4-6-17(16)14-23)22-12-11-15-7-9-18(10-8-15)26(20,24)25;/h7-10,16-17H,2-6,11-14H2,1H3,(H,21,22)(H2,20,24,25);1H. The van der Waals surface area contributed by atoms with Crippen molar-refractivity contribution < 1.29 is 8.42 Å². The summed E-state index contributed by atoms with van der Waals surface area (Å²) in [5.74, 6) is 2.68. The van der Waals surface area contributed by atoms with Gasteiger partial charge in [0.25, 0.3) is 0 Å². The maximum Gasteiger partial charge on any atom is 0.238 e. The van der Waals surface area contributed by atoms with E-state index in [2.05, 4.69) is 17.1 Å². The van der Waals surface area contributed by atoms with Gasteiger partial charge in [0.15, 0.2) is 5.96 Å². The van der Waals surface area contributed by atoms with E-state index in [1.165, 1.54) is 25.7 Å². The Labute approximate surface area is 180 Å². The van der Waals surface area contributed by atoms with E-state index in [4.69, 9.17) is 10.1 Å². The average Bonchev–Trinajstić information content (AvgIpc) is 3.04. The lowest BCUT2D eigenvalue weighted by molar-refractivity contribution is 0.299. The van der Waals surface area contributed by atoms with Crippen molar-refractivity contribution in [3.63, 3.8) is 0 Å². The molecule has 2 aliphatic rings. The van der Waals surface area contributed by atoms with Gasteiger partial charge < -0.3 is 10.2 Å². The normalized spacial score (nSPS) is 22.9. The molecule has 0 aromatic heterocycles. The van der Waals surface area contributed by atoms with Gasteiger partial charge in [-0.25, -0.2) is 13.6 Å². The summed E-state index contributed by atoms with van der Waals surface area (Å²) in [6.07, 6.45) is 6.24. The lowest BCUT2D eigenvalue weighted by Crippen LogP contribution is -2.40. The Hall–Kier alpha value is -0.870. The highest BCUT2D eigenvalue weighted by Gasteiger charge is 2.35. The van der Waals surface area contributed by atoms with Crippen molar-refractivity contribution in [3.05, 3.63) is 29.8 Å². The second-order valence-electron chi connectivity index (χ2n) is 7.38. The van der Waals surface area contributed by atoms with Crippen LogP contribution in [0.1, 0.15) is 38.2 Å². The van der Waals surface area contributed by atoms with E-state index in [1.807, 2.05) is 12.1 Å². The molecule has 1 aliphatic heterocycles. The third-order valence-electron chi connectivity index (χ3n) is 5.52. The van der Waals surface area contributed by atoms with E-state index in [9.17, 15) is 8.42 Å². The molecule has 3 N–H and O–H groups in total. The van der Waals surface area contributed by atoms with Gasteiger partial charge in [0.1, 0.15) is 0 Å². The predicted octanol–water partition coefficient (Wildman–Crippen LogP) is 2.58. The van der Waals surface area contributed by atoms with E-state index < -0.39 is 10.0 Å². The number of nitrogens with zero attached hydrogens (tertiary/aromatic N) is 2. The van der Waals surface area contributed by atoms with Gasteiger partial charge in [-0.2, -0.15) is 0 Å². The minimum atomic E-state index is -3.63. The van der Waals surface area contributed by atoms with Crippen LogP contribution in [0.2, 0.25) is 0 Å². The Kier molecular flexibility index (Phi) is 8.36. The van der Waals surface area contributed by atoms with Gasteiger partial charge in [-0.3, -0.25) is 4.99 Å². The largest absolute Gasteiger partial charge is 0.357 e. The number of fused-ring (bicyclic) bond motifs is 1. The highest BCUT2D eigenvalue weighted by atomic mass is 127. The minimum absolute atomic E-state index is 0. The molecule has 6 nitrogen and oxygen atoms in total. The molecule has 27 heavy (non-hydrogen) atoms. The molecule has 0 radical (unpaired) electrons. The minimum Gasteiger partial charge on any atom is -0.357 e. The van der Waals surface area contributed by atoms with Crippen molar-refractivity contribution in [1.82, 2.24) is 10.2 Å². The smallest absolute Gasteiger partial charge is 0.238 e. The molecule has 0 bridgehead atoms. The number of primary sulfonamides is 1. The summed E-state index contributed by atoms with van der Waals surface area (Å²) >= 11 is 0. The summed E-state index contributed by atoms with van der Waals surface area (Å²) in [5, 5.41) is 8.57. The van der Waals surface area contributed by atoms with Crippen LogP contribution in [0, 0.1) is 11.8 Å². The summed E-state index contributed by atoms with van der Waals surface area (Å²) in [7, 11) is -3.63. The van der Waals surface area contributed by atoms with Gasteiger partial charge in [0.05, 0.1) is 4.90 Å². The predicted molar refractivity (Wildman–Crippen MR) is 120 cm³/mol. The number of rotatable bonds is 5. The Morgan fingerprint density at radius 3 is 2.30 bits per heavy atom. The number of aliphatic imine (C=N–C) groups is 1. The molecule has 0 spiro atoms. The first kappa shape index (κ1) is 22.4. The quantitative estimate of drug-likeness (QED) is 0.365. The molecule has 3 rings (SSSR count). The highest BCUT2D eigenvalue weighted by Crippen LogP contribution is 2.35. The first-order chi connectivity index (χ1) is 12.5. The third-order valence-corrected chi connectivity index (χ3v) is 6.45. The van der Waals surface area contributed by atoms with Crippen LogP contribution in [0.5, 0.6) is 0 Å². The molecule has 2 atom stereocenters. The second kappa shape index (κ2) is 10.1. The fourth-order valence-corrected chi connectivity index (χ4v) is 4.66. The summed E-state index contributed by atoms with van der Waals surface area (Å²) < 4.78 is 22.6. The zero-order chi connectivity index (χ0) is 18.6. The van der Waals surface area contributed by atoms with Crippen LogP contribution in [-0.2, 0) is 16.4 Å². The average molecular weight is 506 g/mol. The van der Waals surface area contributed by atoms with Gasteiger partial charge >= 0.3 is 0 Å². The first-order valence-corrected chi connectivity index (χ1v) is 11.2. The number of halogens is 1. The molecule has 152 valence electrons. The zero-order valence-electron chi connectivity index (χ0n) is 15.9. The fourth-order valence-electron chi connectivity index (χ4n) is 4.14. The highest BCUT2D eigenvalue weighted by molar-refractivity contribution is 14.0. The van der Waals surface area contributed by atoms with Crippen LogP contribution in [0.3, 0.4) is 0 Å². The van der Waals surface area contributed by atoms with E-state index in [0.717, 1.165) is 49.4 Å². The van der Waals surface area contributed by atoms with Gasteiger partial charge in [-0.05, 0) is 55.7 Å². The number of nitrogens with one attached hydrogen (secondary N) is 1. The molecule has 1 aromatic rings. The van der Waals surface area contributed by atoms with Crippen molar-refractivity contribution in [1.29, 1.82) is 0 Å². The van der Waals surface area contributed by atoms with Gasteiger partial charge in [-0.1, -0.05) is 25.0 Å². The number of hydrogen-bond acceptors (Lipinski definition) is 3. The molecule has 2 fully saturated rings. The van der Waals surface area contributed by atoms with Gasteiger partial charge in [0.2, 0.25) is 10.0 Å². The molecule has 1 heterocycles. The number of nitrogens with two attached hydrogens (primary N) is 1. The number of benzene rings is 1. The third kappa shape index (κ3) is 6.05. The molecule has 1 aliphatic carbocycles. The van der Waals surface area contributed by atoms with Crippen LogP contribution in [0.15, 0.2) is 34.2 Å². The summed E-state index contributed by atoms with van der Waals surface area (Å²) in [5.41, 5.74) is 1.06. The monoisotopic (exact) mass is 506 g/mol. The molecule has 2 unspecified atom stereocenters. The van der Waals surface area contributed by atoms with Crippen molar-refractivity contribution in [2.75, 3.05) is 26.2 Å². The van der Waals surface area contributed by atoms with Crippen molar-refractivity contribution in [2.45, 2.75) is 43.9 Å². The maximum atomic E-state index is 11.3. The van der Waals surface area contributed by atoms with E-state index in [-0.39, 0.29) is 28.9 Å². The van der Waals surface area contributed by atoms with E-state index in [1.54, 1.807) is 12.1 Å². The second-order valence-corrected chi connectivity index (χ2v) is 8.95. The van der Waals surface area contributed by atoms with Crippen LogP contribution in [0.4, 0.5) is 0 Å². The lowest BCUT2D eigenvalue weighted by Gasteiger charge is -2.22. The molecular formula is C19H31IN4O2S. The van der Waals surface area contributed by atoms with Crippen LogP contribution in [0.25, 0.3) is 0 Å². The molecule has 1 saturated heterocycles. The number of sulfonamides is 1. The SMILES string of the molecule is CCNC(=NCCc1ccc(S(N)(=O)=O)cc1)N1CC2CCCCC2C1.I. The van der Waals surface area contributed by atoms with E-state index >= 15 is 0 Å². The number of guanidine groups is 1. The number of hydrogen-bond donors (Lipinski definition) is 2. The molecule has 1 aromatic carbocycles. The maximum absolute atomic E-state index is 11.3. The molecular weight excluding hydrogens is 475 g/mol. The van der Waals surface area contributed by atoms with Crippen LogP contribution in [-0.4, -0.2) is 45.5 Å². The van der Waals surface area contributed by atoms with Crippen LogP contribution >= 0.6 is 24.0 Å². The summed E-state index contributed by atoms with van der Waals surface area (Å²) in [6, 6.07) is 6.74. The van der Waals surface area contributed by atoms with E-state index in [0.29, 0.717) is 6.54 Å². The van der Waals surface area contributed by atoms with Crippen molar-refractivity contribution >= 4 is 40.0 Å². The lowest BCUT2D eigenvalue weighted by atomic mass is 9.82. The molecule has 1 saturated carbocycles. The topological polar surface area (TPSA) is 87.8 Å². The summed E-state index contributed by atoms with van der Waals surface area (Å²) in [6.45, 7) is 5.90. The Morgan fingerprint density at radius 2 is 1.78 bits per heavy atom. The van der Waals surface area contributed by atoms with Gasteiger partial charge in [-0.15, -0.1) is 24.0 Å². The molecule has 0 amide bonds. The zero-order valence-corrected chi connectivity index (χ0v) is 19.1. The Bertz CT molecular complexity index is 723. The van der Waals surface area contributed by atoms with Gasteiger partial charge in [0, 0.05) is 26.2 Å². The molecule has 8 heteroatoms. The van der Waals surface area contributed by atoms with Crippen molar-refractivity contribution in [2.24, 2.45) is 22.0 Å². The van der Waals surface area contributed by atoms with Crippen molar-refractivity contribution in [3.8, 4) is 0 Å². The fraction of sp³-hybridized carbons (Fsp3) is 0.632. The Morgan fingerprint density at radius 1 is 1.19 bits per heavy atom. The first-order valence-electron chi connectivity index (χ1n) is 9.62. The Balaban J connectivity index is 0.00000261.